The number of rotatable bonds is 6. The first-order valence-corrected chi connectivity index (χ1v) is 7.68. The van der Waals surface area contributed by atoms with Gasteiger partial charge in [0, 0.05) is 11.8 Å². The lowest BCUT2D eigenvalue weighted by Gasteiger charge is -2.19. The second kappa shape index (κ2) is 7.11. The molecule has 0 saturated carbocycles. The molecule has 1 amide bonds. The second-order valence-electron chi connectivity index (χ2n) is 6.31. The van der Waals surface area contributed by atoms with Crippen molar-refractivity contribution in [3.05, 3.63) is 41.2 Å². The van der Waals surface area contributed by atoms with E-state index >= 15 is 0 Å². The molecular weight excluding hydrogens is 348 g/mol. The van der Waals surface area contributed by atoms with Crippen LogP contribution in [0.4, 0.5) is 14.5 Å². The number of carboxylic acids is 1. The van der Waals surface area contributed by atoms with E-state index in [2.05, 4.69) is 15.2 Å². The van der Waals surface area contributed by atoms with Gasteiger partial charge in [0.05, 0.1) is 11.9 Å². The van der Waals surface area contributed by atoms with Crippen LogP contribution in [0.15, 0.2) is 24.5 Å². The summed E-state index contributed by atoms with van der Waals surface area (Å²) in [6, 6.07) is 2.87. The van der Waals surface area contributed by atoms with E-state index in [1.54, 1.807) is 13.8 Å². The van der Waals surface area contributed by atoms with E-state index in [1.807, 2.05) is 0 Å². The first-order chi connectivity index (χ1) is 12.0. The van der Waals surface area contributed by atoms with Gasteiger partial charge < -0.3 is 15.2 Å². The van der Waals surface area contributed by atoms with E-state index in [0.29, 0.717) is 16.8 Å². The topological polar surface area (TPSA) is 93.5 Å². The van der Waals surface area contributed by atoms with Crippen molar-refractivity contribution in [2.24, 2.45) is 0 Å². The number of aromatic nitrogens is 2. The summed E-state index contributed by atoms with van der Waals surface area (Å²) in [4.78, 5) is 23.6. The highest BCUT2D eigenvalue weighted by Gasteiger charge is 2.30. The van der Waals surface area contributed by atoms with Crippen molar-refractivity contribution in [1.29, 1.82) is 0 Å². The van der Waals surface area contributed by atoms with E-state index in [9.17, 15) is 23.5 Å². The van der Waals surface area contributed by atoms with Gasteiger partial charge in [0.2, 0.25) is 0 Å². The number of aryl methyl sites for hydroxylation is 2. The summed E-state index contributed by atoms with van der Waals surface area (Å²) in [5, 5.41) is 15.8. The summed E-state index contributed by atoms with van der Waals surface area (Å²) in [6.45, 7) is 3.13. The minimum atomic E-state index is -2.95. The molecule has 9 heteroatoms. The number of hydrogen-bond donors (Lipinski definition) is 2. The minimum Gasteiger partial charge on any atom is -0.479 e. The molecule has 0 bridgehead atoms. The summed E-state index contributed by atoms with van der Waals surface area (Å²) >= 11 is 0. The average Bonchev–Trinajstić information content (AvgIpc) is 2.99. The number of carbonyl (C=O) groups is 2. The van der Waals surface area contributed by atoms with Crippen molar-refractivity contribution in [3.63, 3.8) is 0 Å². The fourth-order valence-corrected chi connectivity index (χ4v) is 2.35. The zero-order chi connectivity index (χ0) is 19.6. The molecule has 0 saturated heterocycles. The highest BCUT2D eigenvalue weighted by Crippen LogP contribution is 2.27. The van der Waals surface area contributed by atoms with Crippen LogP contribution >= 0.6 is 0 Å². The van der Waals surface area contributed by atoms with E-state index in [0.717, 1.165) is 0 Å². The molecule has 2 rings (SSSR count). The molecule has 0 spiro atoms. The largest absolute Gasteiger partial charge is 0.479 e. The molecule has 1 heterocycles. The first kappa shape index (κ1) is 19.4. The highest BCUT2D eigenvalue weighted by atomic mass is 19.3. The molecule has 2 aromatic rings. The Morgan fingerprint density at radius 2 is 1.85 bits per heavy atom. The molecule has 2 N–H and O–H groups in total. The Hall–Kier alpha value is -2.97. The van der Waals surface area contributed by atoms with Crippen LogP contribution in [0.1, 0.15) is 35.3 Å². The molecule has 0 radical (unpaired) electrons. The monoisotopic (exact) mass is 367 g/mol. The van der Waals surface area contributed by atoms with Crippen LogP contribution in [0.5, 0.6) is 5.75 Å². The number of benzene rings is 1. The number of hydrogen-bond acceptors (Lipinski definition) is 4. The molecule has 0 aliphatic carbocycles. The van der Waals surface area contributed by atoms with Gasteiger partial charge in [0.1, 0.15) is 5.75 Å². The number of nitrogens with zero attached hydrogens (tertiary/aromatic N) is 2. The molecule has 1 aromatic carbocycles. The summed E-state index contributed by atoms with van der Waals surface area (Å²) in [5.41, 5.74) is 0.0976. The maximum atomic E-state index is 12.4. The summed E-state index contributed by atoms with van der Waals surface area (Å²) < 4.78 is 30.5. The van der Waals surface area contributed by atoms with Crippen molar-refractivity contribution in [2.45, 2.75) is 39.8 Å². The lowest BCUT2D eigenvalue weighted by atomic mass is 10.1. The quantitative estimate of drug-likeness (QED) is 0.818. The molecule has 26 heavy (non-hydrogen) atoms. The molecule has 0 aliphatic heterocycles. The van der Waals surface area contributed by atoms with E-state index < -0.39 is 24.0 Å². The number of halogens is 2. The van der Waals surface area contributed by atoms with Gasteiger partial charge in [-0.3, -0.25) is 9.48 Å². The van der Waals surface area contributed by atoms with Gasteiger partial charge in [-0.15, -0.1) is 0 Å². The molecule has 1 aromatic heterocycles. The normalized spacial score (nSPS) is 11.5. The fraction of sp³-hybridized carbons (Fsp3) is 0.353. The van der Waals surface area contributed by atoms with Gasteiger partial charge in [0.25, 0.3) is 5.91 Å². The molecular formula is C17H19F2N3O4. The Kier molecular flexibility index (Phi) is 5.29. The smallest absolute Gasteiger partial charge is 0.387 e. The van der Waals surface area contributed by atoms with Gasteiger partial charge in [-0.2, -0.15) is 13.9 Å². The van der Waals surface area contributed by atoms with Crippen LogP contribution in [0.25, 0.3) is 0 Å². The van der Waals surface area contributed by atoms with Crippen molar-refractivity contribution in [3.8, 4) is 5.75 Å². The Morgan fingerprint density at radius 3 is 2.35 bits per heavy atom. The SMILES string of the molecule is Cc1cc(C(=O)Nc2cnn(C(C)(C)C(=O)O)c2)cc(C)c1OC(F)F. The Balaban J connectivity index is 2.21. The average molecular weight is 367 g/mol. The number of carboxylic acid groups (broad SMARTS) is 1. The molecule has 7 nitrogen and oxygen atoms in total. The third kappa shape index (κ3) is 3.98. The van der Waals surface area contributed by atoms with Crippen molar-refractivity contribution in [1.82, 2.24) is 9.78 Å². The third-order valence-electron chi connectivity index (χ3n) is 3.87. The number of carbonyl (C=O) groups excluding carboxylic acids is 1. The van der Waals surface area contributed by atoms with Crippen molar-refractivity contribution < 1.29 is 28.2 Å². The zero-order valence-corrected chi connectivity index (χ0v) is 14.7. The van der Waals surface area contributed by atoms with Crippen molar-refractivity contribution in [2.75, 3.05) is 5.32 Å². The van der Waals surface area contributed by atoms with Gasteiger partial charge in [-0.25, -0.2) is 4.79 Å². The number of nitrogens with one attached hydrogen (secondary N) is 1. The lowest BCUT2D eigenvalue weighted by Crippen LogP contribution is -2.35. The second-order valence-corrected chi connectivity index (χ2v) is 6.31. The van der Waals surface area contributed by atoms with Crippen LogP contribution < -0.4 is 10.1 Å². The molecule has 140 valence electrons. The zero-order valence-electron chi connectivity index (χ0n) is 14.7. The number of amides is 1. The Labute approximate surface area is 148 Å². The number of ether oxygens (including phenoxy) is 1. The molecule has 0 unspecified atom stereocenters. The van der Waals surface area contributed by atoms with Crippen LogP contribution in [-0.4, -0.2) is 33.4 Å². The minimum absolute atomic E-state index is 0.0348. The van der Waals surface area contributed by atoms with Crippen LogP contribution in [-0.2, 0) is 10.3 Å². The Bertz CT molecular complexity index is 823. The van der Waals surface area contributed by atoms with Crippen LogP contribution in [0.2, 0.25) is 0 Å². The first-order valence-electron chi connectivity index (χ1n) is 7.68. The maximum Gasteiger partial charge on any atom is 0.387 e. The van der Waals surface area contributed by atoms with Crippen LogP contribution in [0, 0.1) is 13.8 Å². The predicted octanol–water partition coefficient (Wildman–Crippen LogP) is 3.17. The van der Waals surface area contributed by atoms with Gasteiger partial charge >= 0.3 is 12.6 Å². The number of alkyl halides is 2. The van der Waals surface area contributed by atoms with E-state index in [1.165, 1.54) is 43.1 Å². The predicted molar refractivity (Wildman–Crippen MR) is 89.7 cm³/mol. The van der Waals surface area contributed by atoms with Gasteiger partial charge in [0.15, 0.2) is 5.54 Å². The van der Waals surface area contributed by atoms with E-state index in [-0.39, 0.29) is 11.3 Å². The van der Waals surface area contributed by atoms with Crippen LogP contribution in [0.3, 0.4) is 0 Å². The fourth-order valence-electron chi connectivity index (χ4n) is 2.35. The van der Waals surface area contributed by atoms with Gasteiger partial charge in [-0.05, 0) is 51.0 Å². The van der Waals surface area contributed by atoms with Gasteiger partial charge in [-0.1, -0.05) is 0 Å². The number of anilines is 1. The summed E-state index contributed by atoms with van der Waals surface area (Å²) in [6.07, 6.45) is 2.73. The molecule has 0 atom stereocenters. The Morgan fingerprint density at radius 1 is 1.27 bits per heavy atom. The standard InChI is InChI=1S/C17H19F2N3O4/c1-9-5-11(6-10(2)13(9)26-16(18)19)14(23)21-12-7-20-22(8-12)17(3,4)15(24)25/h5-8,16H,1-4H3,(H,21,23)(H,24,25). The third-order valence-corrected chi connectivity index (χ3v) is 3.87. The summed E-state index contributed by atoms with van der Waals surface area (Å²) in [5.74, 6) is -1.51. The maximum absolute atomic E-state index is 12.4. The highest BCUT2D eigenvalue weighted by molar-refractivity contribution is 6.04. The lowest BCUT2D eigenvalue weighted by molar-refractivity contribution is -0.146. The molecule has 0 aliphatic rings. The van der Waals surface area contributed by atoms with Crippen molar-refractivity contribution >= 4 is 17.6 Å². The molecule has 0 fully saturated rings. The van der Waals surface area contributed by atoms with E-state index in [4.69, 9.17) is 0 Å². The summed E-state index contributed by atoms with van der Waals surface area (Å²) in [7, 11) is 0. The number of aliphatic carboxylic acids is 1.